The van der Waals surface area contributed by atoms with Crippen LogP contribution >= 0.6 is 0 Å². The van der Waals surface area contributed by atoms with Gasteiger partial charge >= 0.3 is 0 Å². The summed E-state index contributed by atoms with van der Waals surface area (Å²) < 4.78 is 15.3. The number of nitrogens with zero attached hydrogens (tertiary/aromatic N) is 3. The van der Waals surface area contributed by atoms with Crippen LogP contribution in [0.15, 0.2) is 48.5 Å². The quantitative estimate of drug-likeness (QED) is 0.547. The maximum atomic E-state index is 13.8. The molecule has 7 heteroatoms. The van der Waals surface area contributed by atoms with Crippen LogP contribution in [0.3, 0.4) is 0 Å². The molecular weight excluding hydrogens is 443 g/mol. The maximum absolute atomic E-state index is 13.8. The molecule has 2 fully saturated rings. The summed E-state index contributed by atoms with van der Waals surface area (Å²) >= 11 is 0. The topological polar surface area (TPSA) is 67.2 Å². The molecule has 3 aliphatic carbocycles. The van der Waals surface area contributed by atoms with E-state index >= 15 is 0 Å². The van der Waals surface area contributed by atoms with Crippen LogP contribution in [-0.2, 0) is 19.4 Å². The number of benzene rings is 2. The number of nitrogens with one attached hydrogen (secondary N) is 1. The highest BCUT2D eigenvalue weighted by Crippen LogP contribution is 2.33. The number of carbonyl (C=O) groups excluding carboxylic acids is 2. The molecule has 1 N–H and O–H groups in total. The van der Waals surface area contributed by atoms with E-state index in [0.29, 0.717) is 23.8 Å². The molecule has 1 aromatic heterocycles. The van der Waals surface area contributed by atoms with Crippen molar-refractivity contribution in [2.75, 3.05) is 0 Å². The third-order valence-corrected chi connectivity index (χ3v) is 7.18. The second kappa shape index (κ2) is 8.95. The van der Waals surface area contributed by atoms with Crippen molar-refractivity contribution >= 4 is 11.8 Å². The van der Waals surface area contributed by atoms with Crippen LogP contribution in [0.4, 0.5) is 4.39 Å². The monoisotopic (exact) mass is 472 g/mol. The van der Waals surface area contributed by atoms with Crippen LogP contribution in [0, 0.1) is 5.82 Å². The lowest BCUT2D eigenvalue weighted by Gasteiger charge is -2.23. The highest BCUT2D eigenvalue weighted by atomic mass is 19.1. The molecule has 180 valence electrons. The summed E-state index contributed by atoms with van der Waals surface area (Å²) in [7, 11) is 0. The summed E-state index contributed by atoms with van der Waals surface area (Å²) in [5.74, 6) is -0.365. The minimum absolute atomic E-state index is 0.0351. The second-order valence-corrected chi connectivity index (χ2v) is 9.98. The van der Waals surface area contributed by atoms with E-state index in [2.05, 4.69) is 5.32 Å². The summed E-state index contributed by atoms with van der Waals surface area (Å²) in [6, 6.07) is 14.4. The first-order chi connectivity index (χ1) is 17.1. The zero-order valence-electron chi connectivity index (χ0n) is 19.7. The molecule has 2 aromatic carbocycles. The van der Waals surface area contributed by atoms with Crippen molar-refractivity contribution in [2.24, 2.45) is 0 Å². The first kappa shape index (κ1) is 22.0. The zero-order chi connectivity index (χ0) is 23.9. The molecule has 0 aliphatic heterocycles. The highest BCUT2D eigenvalue weighted by Gasteiger charge is 2.36. The van der Waals surface area contributed by atoms with Crippen molar-refractivity contribution in [1.29, 1.82) is 0 Å². The predicted molar refractivity (Wildman–Crippen MR) is 130 cm³/mol. The molecule has 0 radical (unpaired) electrons. The van der Waals surface area contributed by atoms with E-state index in [1.165, 1.54) is 12.1 Å². The number of halogens is 1. The van der Waals surface area contributed by atoms with Gasteiger partial charge in [-0.3, -0.25) is 9.59 Å². The zero-order valence-corrected chi connectivity index (χ0v) is 19.7. The van der Waals surface area contributed by atoms with Gasteiger partial charge in [-0.15, -0.1) is 0 Å². The first-order valence-corrected chi connectivity index (χ1v) is 12.6. The number of hydrogen-bond donors (Lipinski definition) is 1. The molecule has 2 amide bonds. The summed E-state index contributed by atoms with van der Waals surface area (Å²) in [5, 5.41) is 7.80. The van der Waals surface area contributed by atoms with E-state index in [1.807, 2.05) is 33.8 Å². The van der Waals surface area contributed by atoms with Crippen molar-refractivity contribution in [2.45, 2.75) is 70.0 Å². The maximum Gasteiger partial charge on any atom is 0.275 e. The van der Waals surface area contributed by atoms with E-state index in [9.17, 15) is 14.0 Å². The van der Waals surface area contributed by atoms with Gasteiger partial charge in [-0.05, 0) is 93.3 Å². The van der Waals surface area contributed by atoms with Gasteiger partial charge in [-0.1, -0.05) is 12.1 Å². The fraction of sp³-hybridized carbons (Fsp3) is 0.393. The van der Waals surface area contributed by atoms with Gasteiger partial charge in [0.1, 0.15) is 5.82 Å². The van der Waals surface area contributed by atoms with Crippen LogP contribution in [0.5, 0.6) is 0 Å². The van der Waals surface area contributed by atoms with Crippen molar-refractivity contribution in [3.8, 4) is 5.69 Å². The lowest BCUT2D eigenvalue weighted by Crippen LogP contribution is -2.33. The molecule has 1 heterocycles. The SMILES string of the molecule is O=C(NC1CC1)c1ccc(CN(C(=O)c2nn(-c3ccc(F)cc3)c3c2CCCC3)C2CC2)cc1. The van der Waals surface area contributed by atoms with Crippen LogP contribution in [0.2, 0.25) is 0 Å². The van der Waals surface area contributed by atoms with Crippen LogP contribution in [0.1, 0.15) is 76.2 Å². The first-order valence-electron chi connectivity index (χ1n) is 12.6. The van der Waals surface area contributed by atoms with Gasteiger partial charge in [0, 0.05) is 35.4 Å². The molecule has 0 unspecified atom stereocenters. The number of rotatable bonds is 7. The van der Waals surface area contributed by atoms with E-state index in [0.717, 1.165) is 73.9 Å². The third kappa shape index (κ3) is 4.59. The molecule has 3 aromatic rings. The van der Waals surface area contributed by atoms with Crippen molar-refractivity contribution < 1.29 is 14.0 Å². The van der Waals surface area contributed by atoms with E-state index < -0.39 is 0 Å². The van der Waals surface area contributed by atoms with E-state index in [1.54, 1.807) is 12.1 Å². The van der Waals surface area contributed by atoms with Gasteiger partial charge in [0.25, 0.3) is 11.8 Å². The van der Waals surface area contributed by atoms with Crippen LogP contribution < -0.4 is 5.32 Å². The fourth-order valence-corrected chi connectivity index (χ4v) is 4.91. The Bertz CT molecular complexity index is 1260. The van der Waals surface area contributed by atoms with Gasteiger partial charge in [0.05, 0.1) is 5.69 Å². The molecule has 2 saturated carbocycles. The fourth-order valence-electron chi connectivity index (χ4n) is 4.91. The van der Waals surface area contributed by atoms with Gasteiger partial charge in [-0.25, -0.2) is 9.07 Å². The Morgan fingerprint density at radius 3 is 2.37 bits per heavy atom. The van der Waals surface area contributed by atoms with Crippen molar-refractivity contribution in [3.05, 3.63) is 82.4 Å². The molecule has 0 atom stereocenters. The van der Waals surface area contributed by atoms with Crippen molar-refractivity contribution in [3.63, 3.8) is 0 Å². The van der Waals surface area contributed by atoms with Gasteiger partial charge < -0.3 is 10.2 Å². The Morgan fingerprint density at radius 1 is 0.971 bits per heavy atom. The van der Waals surface area contributed by atoms with E-state index in [4.69, 9.17) is 5.10 Å². The Kier molecular flexibility index (Phi) is 5.63. The molecule has 6 rings (SSSR count). The molecule has 0 spiro atoms. The summed E-state index contributed by atoms with van der Waals surface area (Å²) in [6.07, 6.45) is 7.90. The molecule has 0 bridgehead atoms. The molecule has 6 nitrogen and oxygen atoms in total. The lowest BCUT2D eigenvalue weighted by molar-refractivity contribution is 0.0721. The van der Waals surface area contributed by atoms with Gasteiger partial charge in [-0.2, -0.15) is 5.10 Å². The summed E-state index contributed by atoms with van der Waals surface area (Å²) in [6.45, 7) is 0.492. The largest absolute Gasteiger partial charge is 0.349 e. The molecule has 0 saturated heterocycles. The van der Waals surface area contributed by atoms with Crippen LogP contribution in [-0.4, -0.2) is 38.6 Å². The Hall–Kier alpha value is -3.48. The summed E-state index contributed by atoms with van der Waals surface area (Å²) in [5.41, 5.74) is 5.05. The minimum atomic E-state index is -0.290. The highest BCUT2D eigenvalue weighted by molar-refractivity contribution is 5.95. The smallest absolute Gasteiger partial charge is 0.275 e. The summed E-state index contributed by atoms with van der Waals surface area (Å²) in [4.78, 5) is 28.1. The third-order valence-electron chi connectivity index (χ3n) is 7.18. The normalized spacial score (nSPS) is 17.1. The lowest BCUT2D eigenvalue weighted by atomic mass is 9.95. The number of amides is 2. The molecule has 3 aliphatic rings. The average Bonchev–Trinajstić information content (AvgIpc) is 3.82. The molecular formula is C28H29FN4O2. The average molecular weight is 473 g/mol. The predicted octanol–water partition coefficient (Wildman–Crippen LogP) is 4.59. The van der Waals surface area contributed by atoms with Crippen LogP contribution in [0.25, 0.3) is 5.69 Å². The van der Waals surface area contributed by atoms with Crippen molar-refractivity contribution in [1.82, 2.24) is 20.0 Å². The Morgan fingerprint density at radius 2 is 1.69 bits per heavy atom. The van der Waals surface area contributed by atoms with Gasteiger partial charge in [0.15, 0.2) is 5.69 Å². The Labute approximate surface area is 204 Å². The Balaban J connectivity index is 1.26. The number of hydrogen-bond acceptors (Lipinski definition) is 3. The number of aromatic nitrogens is 2. The second-order valence-electron chi connectivity index (χ2n) is 9.98. The van der Waals surface area contributed by atoms with Gasteiger partial charge in [0.2, 0.25) is 0 Å². The molecule has 35 heavy (non-hydrogen) atoms. The van der Waals surface area contributed by atoms with E-state index in [-0.39, 0.29) is 23.7 Å². The standard InChI is InChI=1S/C28H29FN4O2/c29-20-9-13-23(14-10-20)33-25-4-2-1-3-24(25)26(31-33)28(35)32(22-15-16-22)17-18-5-7-19(8-6-18)27(34)30-21-11-12-21/h5-10,13-14,21-22H,1-4,11-12,15-17H2,(H,30,34). The minimum Gasteiger partial charge on any atom is -0.349 e. The number of carbonyl (C=O) groups is 2. The number of fused-ring (bicyclic) bond motifs is 1.